The minimum Gasteiger partial charge on any atom is -0.494 e. The number of hydrogen-bond acceptors (Lipinski definition) is 10. The molecule has 2 amide bonds. The molecule has 3 aromatic carbocycles. The van der Waals surface area contributed by atoms with Gasteiger partial charge in [-0.15, -0.1) is 10.2 Å². The molecule has 14 nitrogen and oxygen atoms in total. The van der Waals surface area contributed by atoms with Crippen molar-refractivity contribution in [1.29, 1.82) is 0 Å². The molecule has 0 unspecified atom stereocenters. The number of aromatic nitrogens is 7. The van der Waals surface area contributed by atoms with Crippen molar-refractivity contribution < 1.29 is 19.1 Å². The van der Waals surface area contributed by atoms with E-state index in [-0.39, 0.29) is 24.5 Å². The van der Waals surface area contributed by atoms with Gasteiger partial charge in [-0.05, 0) is 65.2 Å². The Kier molecular flexibility index (Phi) is 8.64. The average Bonchev–Trinajstić information content (AvgIpc) is 3.86. The van der Waals surface area contributed by atoms with E-state index in [2.05, 4.69) is 31.2 Å². The highest BCUT2D eigenvalue weighted by Gasteiger charge is 2.34. The fourth-order valence-electron chi connectivity index (χ4n) is 5.44. The van der Waals surface area contributed by atoms with Crippen LogP contribution in [0.1, 0.15) is 24.4 Å². The Balaban J connectivity index is 1.44. The zero-order chi connectivity index (χ0) is 31.3. The van der Waals surface area contributed by atoms with Crippen LogP contribution in [0.15, 0.2) is 73.1 Å². The van der Waals surface area contributed by atoms with Crippen LogP contribution in [-0.2, 0) is 20.9 Å². The first kappa shape index (κ1) is 29.7. The van der Waals surface area contributed by atoms with Crippen molar-refractivity contribution in [3.8, 4) is 11.4 Å². The maximum atomic E-state index is 14.5. The first-order chi connectivity index (χ1) is 21.9. The number of methoxy groups -OCH3 is 1. The van der Waals surface area contributed by atoms with E-state index >= 15 is 0 Å². The molecule has 2 atom stereocenters. The number of fused-ring (bicyclic) bond motifs is 1. The van der Waals surface area contributed by atoms with Crippen LogP contribution in [0, 0.1) is 0 Å². The second-order valence-electron chi connectivity index (χ2n) is 10.9. The van der Waals surface area contributed by atoms with Crippen LogP contribution in [-0.4, -0.2) is 87.5 Å². The van der Waals surface area contributed by atoms with Crippen LogP contribution >= 0.6 is 0 Å². The van der Waals surface area contributed by atoms with Crippen LogP contribution in [0.25, 0.3) is 16.7 Å². The normalized spacial score (nSPS) is 15.1. The van der Waals surface area contributed by atoms with Gasteiger partial charge in [0.25, 0.3) is 0 Å². The highest BCUT2D eigenvalue weighted by atomic mass is 16.5. The minimum atomic E-state index is -1.03. The molecule has 3 heterocycles. The number of ether oxygens (including phenoxy) is 2. The largest absolute Gasteiger partial charge is 0.494 e. The molecule has 45 heavy (non-hydrogen) atoms. The number of para-hydroxylation sites is 1. The van der Waals surface area contributed by atoms with E-state index in [1.165, 1.54) is 27.7 Å². The van der Waals surface area contributed by atoms with Gasteiger partial charge in [0.05, 0.1) is 18.7 Å². The van der Waals surface area contributed by atoms with E-state index in [1.807, 2.05) is 67.5 Å². The first-order valence-corrected chi connectivity index (χ1v) is 14.6. The average molecular weight is 611 g/mol. The molecule has 1 N–H and O–H groups in total. The van der Waals surface area contributed by atoms with Crippen molar-refractivity contribution in [2.75, 3.05) is 44.2 Å². The van der Waals surface area contributed by atoms with Gasteiger partial charge in [0.15, 0.2) is 0 Å². The third-order valence-corrected chi connectivity index (χ3v) is 7.77. The summed E-state index contributed by atoms with van der Waals surface area (Å²) >= 11 is 0. The van der Waals surface area contributed by atoms with Crippen LogP contribution in [0.4, 0.5) is 11.4 Å². The van der Waals surface area contributed by atoms with Crippen LogP contribution in [0.3, 0.4) is 0 Å². The van der Waals surface area contributed by atoms with Gasteiger partial charge in [-0.1, -0.05) is 29.5 Å². The Labute approximate surface area is 259 Å². The van der Waals surface area contributed by atoms with Gasteiger partial charge < -0.3 is 19.7 Å². The smallest absolute Gasteiger partial charge is 0.249 e. The molecule has 6 rings (SSSR count). The van der Waals surface area contributed by atoms with Gasteiger partial charge in [0.2, 0.25) is 11.8 Å². The molecule has 14 heteroatoms. The van der Waals surface area contributed by atoms with Crippen LogP contribution in [0.5, 0.6) is 5.75 Å². The third-order valence-electron chi connectivity index (χ3n) is 7.77. The van der Waals surface area contributed by atoms with Crippen molar-refractivity contribution in [1.82, 2.24) is 40.5 Å². The second-order valence-corrected chi connectivity index (χ2v) is 10.9. The van der Waals surface area contributed by atoms with Crippen molar-refractivity contribution in [3.05, 3.63) is 78.6 Å². The van der Waals surface area contributed by atoms with Crippen molar-refractivity contribution in [2.45, 2.75) is 31.5 Å². The molecule has 1 aliphatic heterocycles. The molecular formula is C31H34N10O4. The van der Waals surface area contributed by atoms with Gasteiger partial charge in [-0.2, -0.15) is 4.68 Å². The van der Waals surface area contributed by atoms with Gasteiger partial charge in [0, 0.05) is 44.7 Å². The van der Waals surface area contributed by atoms with Crippen LogP contribution < -0.4 is 19.9 Å². The minimum absolute atomic E-state index is 0.0768. The fourth-order valence-corrected chi connectivity index (χ4v) is 5.44. The monoisotopic (exact) mass is 610 g/mol. The third kappa shape index (κ3) is 6.31. The molecule has 0 spiro atoms. The second kappa shape index (κ2) is 13.1. The molecule has 1 aliphatic rings. The van der Waals surface area contributed by atoms with Crippen molar-refractivity contribution in [3.63, 3.8) is 0 Å². The summed E-state index contributed by atoms with van der Waals surface area (Å²) in [4.78, 5) is 32.1. The molecule has 2 aromatic heterocycles. The number of amides is 2. The summed E-state index contributed by atoms with van der Waals surface area (Å²) < 4.78 is 14.5. The molecule has 0 radical (unpaired) electrons. The summed E-state index contributed by atoms with van der Waals surface area (Å²) in [7, 11) is 5.40. The molecule has 1 saturated heterocycles. The maximum Gasteiger partial charge on any atom is 0.249 e. The Morgan fingerprint density at radius 2 is 1.87 bits per heavy atom. The zero-order valence-corrected chi connectivity index (χ0v) is 25.3. The predicted molar refractivity (Wildman–Crippen MR) is 166 cm³/mol. The van der Waals surface area contributed by atoms with Crippen molar-refractivity contribution in [2.24, 2.45) is 0 Å². The van der Waals surface area contributed by atoms with Crippen LogP contribution in [0.2, 0.25) is 0 Å². The summed E-state index contributed by atoms with van der Waals surface area (Å²) in [6.07, 6.45) is 3.18. The summed E-state index contributed by atoms with van der Waals surface area (Å²) in [5.41, 5.74) is 3.95. The number of anilines is 2. The Hall–Kier alpha value is -5.37. The standard InChI is InChI=1S/C31H34N10O4/c1-38(2)22-12-10-21(11-13-22)30(31(43)32-18-24-7-6-16-45-24)41(29(42)19-39-26-9-5-4-8-25(26)34-36-39)23-14-15-27(28(17-23)44-3)40-20-33-35-37-40/h4-5,8-15,17,20,24,30H,6-7,16,18-19H2,1-3H3,(H,32,43)/t24-,30+/m0/s1. The number of carbonyl (C=O) groups excluding carboxylic acids is 2. The number of nitrogens with one attached hydrogen (secondary N) is 1. The summed E-state index contributed by atoms with van der Waals surface area (Å²) in [6.45, 7) is 0.838. The molecule has 0 bridgehead atoms. The van der Waals surface area contributed by atoms with Gasteiger partial charge >= 0.3 is 0 Å². The lowest BCUT2D eigenvalue weighted by Crippen LogP contribution is -2.46. The topological polar surface area (TPSA) is 145 Å². The van der Waals surface area contributed by atoms with Gasteiger partial charge in [-0.3, -0.25) is 14.5 Å². The van der Waals surface area contributed by atoms with Crippen molar-refractivity contribution >= 4 is 34.2 Å². The number of rotatable bonds is 11. The van der Waals surface area contributed by atoms with E-state index < -0.39 is 6.04 Å². The van der Waals surface area contributed by atoms with E-state index in [9.17, 15) is 9.59 Å². The Bertz CT molecular complexity index is 1770. The van der Waals surface area contributed by atoms with Gasteiger partial charge in [-0.25, -0.2) is 4.68 Å². The highest BCUT2D eigenvalue weighted by Crippen LogP contribution is 2.34. The lowest BCUT2D eigenvalue weighted by molar-refractivity contribution is -0.127. The summed E-state index contributed by atoms with van der Waals surface area (Å²) in [5, 5.41) is 22.9. The summed E-state index contributed by atoms with van der Waals surface area (Å²) in [6, 6.07) is 19.1. The van der Waals surface area contributed by atoms with E-state index in [0.29, 0.717) is 46.9 Å². The molecule has 1 fully saturated rings. The van der Waals surface area contributed by atoms with E-state index in [4.69, 9.17) is 9.47 Å². The summed E-state index contributed by atoms with van der Waals surface area (Å²) in [5.74, 6) is -0.314. The maximum absolute atomic E-state index is 14.5. The number of tetrazole rings is 1. The van der Waals surface area contributed by atoms with E-state index in [1.54, 1.807) is 18.2 Å². The lowest BCUT2D eigenvalue weighted by atomic mass is 10.0. The fraction of sp³-hybridized carbons (Fsp3) is 0.323. The zero-order valence-electron chi connectivity index (χ0n) is 25.3. The lowest BCUT2D eigenvalue weighted by Gasteiger charge is -2.32. The molecule has 5 aromatic rings. The molecule has 0 saturated carbocycles. The number of benzene rings is 3. The number of carbonyl (C=O) groups is 2. The highest BCUT2D eigenvalue weighted by molar-refractivity contribution is 6.02. The molecular weight excluding hydrogens is 576 g/mol. The van der Waals surface area contributed by atoms with E-state index in [0.717, 1.165) is 18.5 Å². The van der Waals surface area contributed by atoms with Gasteiger partial charge in [0.1, 0.15) is 35.9 Å². The Morgan fingerprint density at radius 1 is 1.07 bits per heavy atom. The number of nitrogens with zero attached hydrogens (tertiary/aromatic N) is 9. The Morgan fingerprint density at radius 3 is 2.58 bits per heavy atom. The quantitative estimate of drug-likeness (QED) is 0.237. The predicted octanol–water partition coefficient (Wildman–Crippen LogP) is 2.55. The first-order valence-electron chi connectivity index (χ1n) is 14.6. The molecule has 0 aliphatic carbocycles. The number of hydrogen-bond donors (Lipinski definition) is 1. The SMILES string of the molecule is COc1cc(N(C(=O)Cn2nnc3ccccc32)[C@@H](C(=O)NC[C@@H]2CCCO2)c2ccc(N(C)C)cc2)ccc1-n1cnnn1. The molecule has 232 valence electrons.